The molecule has 3 unspecified atom stereocenters. The van der Waals surface area contributed by atoms with Crippen molar-refractivity contribution in [2.24, 2.45) is 5.92 Å². The standard InChI is InChI=1S/C24H33FN4O2S/c1-18-4-6-20(7-5-18)23-19(2)24(27-32(23,30)31)26-12-3-13-28-14-16-29(17-15-28)22-10-8-21(25)9-11-22/h4-11,19,23-24,26-27H,3,12-17H2,1-2H3. The lowest BCUT2D eigenvalue weighted by molar-refractivity contribution is 0.250. The number of hydrogen-bond acceptors (Lipinski definition) is 5. The Balaban J connectivity index is 1.21. The molecule has 8 heteroatoms. The highest BCUT2D eigenvalue weighted by atomic mass is 32.2. The molecule has 2 aliphatic rings. The van der Waals surface area contributed by atoms with Gasteiger partial charge in [0.15, 0.2) is 0 Å². The highest BCUT2D eigenvalue weighted by Gasteiger charge is 2.44. The van der Waals surface area contributed by atoms with Crippen molar-refractivity contribution >= 4 is 15.7 Å². The van der Waals surface area contributed by atoms with Crippen molar-refractivity contribution in [3.63, 3.8) is 0 Å². The number of anilines is 1. The van der Waals surface area contributed by atoms with Gasteiger partial charge in [0.05, 0.1) is 6.17 Å². The van der Waals surface area contributed by atoms with E-state index in [9.17, 15) is 12.8 Å². The van der Waals surface area contributed by atoms with Crippen LogP contribution in [0.3, 0.4) is 0 Å². The van der Waals surface area contributed by atoms with Crippen molar-refractivity contribution in [2.45, 2.75) is 31.7 Å². The molecule has 0 amide bonds. The lowest BCUT2D eigenvalue weighted by Gasteiger charge is -2.36. The van der Waals surface area contributed by atoms with Crippen LogP contribution in [-0.2, 0) is 10.0 Å². The molecule has 2 aliphatic heterocycles. The van der Waals surface area contributed by atoms with Crippen LogP contribution in [0.5, 0.6) is 0 Å². The molecule has 0 spiro atoms. The van der Waals surface area contributed by atoms with Crippen molar-refractivity contribution in [1.82, 2.24) is 14.9 Å². The minimum Gasteiger partial charge on any atom is -0.369 e. The summed E-state index contributed by atoms with van der Waals surface area (Å²) in [5, 5.41) is 2.89. The SMILES string of the molecule is Cc1ccc(C2C(C)C(NCCCN3CCN(c4ccc(F)cc4)CC3)NS2(=O)=O)cc1. The smallest absolute Gasteiger partial charge is 0.220 e. The van der Waals surface area contributed by atoms with Gasteiger partial charge >= 0.3 is 0 Å². The Labute approximate surface area is 190 Å². The zero-order chi connectivity index (χ0) is 22.7. The van der Waals surface area contributed by atoms with E-state index in [0.29, 0.717) is 0 Å². The highest BCUT2D eigenvalue weighted by Crippen LogP contribution is 2.36. The molecule has 4 rings (SSSR count). The molecule has 0 saturated carbocycles. The van der Waals surface area contributed by atoms with Crippen molar-refractivity contribution in [3.05, 3.63) is 65.5 Å². The van der Waals surface area contributed by atoms with E-state index in [2.05, 4.69) is 19.8 Å². The first-order chi connectivity index (χ1) is 15.3. The largest absolute Gasteiger partial charge is 0.369 e. The third-order valence-corrected chi connectivity index (χ3v) is 8.57. The van der Waals surface area contributed by atoms with Crippen LogP contribution in [0, 0.1) is 18.7 Å². The molecule has 2 N–H and O–H groups in total. The Morgan fingerprint density at radius 1 is 1.03 bits per heavy atom. The Morgan fingerprint density at radius 2 is 1.69 bits per heavy atom. The van der Waals surface area contributed by atoms with Gasteiger partial charge in [0.1, 0.15) is 11.1 Å². The summed E-state index contributed by atoms with van der Waals surface area (Å²) in [5.41, 5.74) is 3.04. The second kappa shape index (κ2) is 9.87. The lowest BCUT2D eigenvalue weighted by atomic mass is 9.97. The second-order valence-electron chi connectivity index (χ2n) is 8.94. The summed E-state index contributed by atoms with van der Waals surface area (Å²) < 4.78 is 41.4. The Morgan fingerprint density at radius 3 is 2.34 bits per heavy atom. The number of aryl methyl sites for hydroxylation is 1. The molecule has 0 aliphatic carbocycles. The van der Waals surface area contributed by atoms with Gasteiger partial charge in [0.25, 0.3) is 0 Å². The molecule has 2 aromatic rings. The summed E-state index contributed by atoms with van der Waals surface area (Å²) in [6.07, 6.45) is 0.707. The number of hydrogen-bond donors (Lipinski definition) is 2. The van der Waals surface area contributed by atoms with Gasteiger partial charge in [-0.2, -0.15) is 4.72 Å². The Bertz CT molecular complexity index is 990. The fraction of sp³-hybridized carbons (Fsp3) is 0.500. The maximum absolute atomic E-state index is 13.1. The van der Waals surface area contributed by atoms with Gasteiger partial charge in [-0.3, -0.25) is 4.90 Å². The van der Waals surface area contributed by atoms with Crippen LogP contribution in [0.15, 0.2) is 48.5 Å². The van der Waals surface area contributed by atoms with E-state index in [-0.39, 0.29) is 17.9 Å². The molecule has 2 saturated heterocycles. The van der Waals surface area contributed by atoms with Crippen LogP contribution in [-0.4, -0.2) is 58.8 Å². The number of halogens is 1. The summed E-state index contributed by atoms with van der Waals surface area (Å²) in [6.45, 7) is 9.53. The number of benzene rings is 2. The van der Waals surface area contributed by atoms with E-state index in [0.717, 1.165) is 62.5 Å². The second-order valence-corrected chi connectivity index (χ2v) is 10.8. The maximum atomic E-state index is 13.1. The van der Waals surface area contributed by atoms with Crippen LogP contribution >= 0.6 is 0 Å². The first kappa shape index (κ1) is 23.2. The number of nitrogens with zero attached hydrogens (tertiary/aromatic N) is 2. The first-order valence-corrected chi connectivity index (χ1v) is 12.9. The van der Waals surface area contributed by atoms with E-state index < -0.39 is 15.3 Å². The third-order valence-electron chi connectivity index (χ3n) is 6.61. The fourth-order valence-electron chi connectivity index (χ4n) is 4.72. The normalized spacial score (nSPS) is 25.8. The molecule has 0 radical (unpaired) electrons. The molecule has 2 heterocycles. The molecular formula is C24H33FN4O2S. The first-order valence-electron chi connectivity index (χ1n) is 11.4. The van der Waals surface area contributed by atoms with Crippen molar-refractivity contribution in [1.29, 1.82) is 0 Å². The monoisotopic (exact) mass is 460 g/mol. The summed E-state index contributed by atoms with van der Waals surface area (Å²) in [6, 6.07) is 14.5. The molecule has 2 fully saturated rings. The van der Waals surface area contributed by atoms with Crippen LogP contribution in [0.2, 0.25) is 0 Å². The van der Waals surface area contributed by atoms with Gasteiger partial charge in [-0.05, 0) is 56.3 Å². The van der Waals surface area contributed by atoms with Gasteiger partial charge in [0.2, 0.25) is 10.0 Å². The van der Waals surface area contributed by atoms with Crippen molar-refractivity contribution < 1.29 is 12.8 Å². The highest BCUT2D eigenvalue weighted by molar-refractivity contribution is 7.90. The van der Waals surface area contributed by atoms with Crippen LogP contribution in [0.4, 0.5) is 10.1 Å². The van der Waals surface area contributed by atoms with E-state index in [1.165, 1.54) is 12.1 Å². The topological polar surface area (TPSA) is 64.7 Å². The van der Waals surface area contributed by atoms with Gasteiger partial charge in [-0.1, -0.05) is 36.8 Å². The Kier molecular flexibility index (Phi) is 7.14. The molecule has 3 atom stereocenters. The molecule has 6 nitrogen and oxygen atoms in total. The van der Waals surface area contributed by atoms with Crippen LogP contribution in [0.25, 0.3) is 0 Å². The minimum absolute atomic E-state index is 0.0537. The van der Waals surface area contributed by atoms with E-state index >= 15 is 0 Å². The van der Waals surface area contributed by atoms with E-state index in [1.54, 1.807) is 0 Å². The van der Waals surface area contributed by atoms with E-state index in [4.69, 9.17) is 0 Å². The number of piperazine rings is 1. The summed E-state index contributed by atoms with van der Waals surface area (Å²) in [7, 11) is -3.40. The molecule has 32 heavy (non-hydrogen) atoms. The summed E-state index contributed by atoms with van der Waals surface area (Å²) in [5.74, 6) is -0.258. The average molecular weight is 461 g/mol. The average Bonchev–Trinajstić information content (AvgIpc) is 3.01. The van der Waals surface area contributed by atoms with Crippen molar-refractivity contribution in [3.8, 4) is 0 Å². The van der Waals surface area contributed by atoms with Crippen LogP contribution < -0.4 is 14.9 Å². The van der Waals surface area contributed by atoms with Gasteiger partial charge < -0.3 is 10.2 Å². The molecule has 2 aromatic carbocycles. The van der Waals surface area contributed by atoms with Crippen LogP contribution in [0.1, 0.15) is 29.7 Å². The predicted molar refractivity (Wildman–Crippen MR) is 127 cm³/mol. The zero-order valence-corrected chi connectivity index (χ0v) is 19.6. The van der Waals surface area contributed by atoms with Gasteiger partial charge in [-0.15, -0.1) is 0 Å². The van der Waals surface area contributed by atoms with Gasteiger partial charge in [0, 0.05) is 37.8 Å². The predicted octanol–water partition coefficient (Wildman–Crippen LogP) is 2.87. The molecule has 0 aromatic heterocycles. The molecular weight excluding hydrogens is 427 g/mol. The quantitative estimate of drug-likeness (QED) is 0.622. The van der Waals surface area contributed by atoms with E-state index in [1.807, 2.05) is 50.2 Å². The number of sulfonamides is 1. The fourth-order valence-corrected chi connectivity index (χ4v) is 6.76. The van der Waals surface area contributed by atoms with Gasteiger partial charge in [-0.25, -0.2) is 12.8 Å². The number of nitrogens with one attached hydrogen (secondary N) is 2. The zero-order valence-electron chi connectivity index (χ0n) is 18.8. The molecule has 174 valence electrons. The molecule has 0 bridgehead atoms. The number of rotatable bonds is 7. The third kappa shape index (κ3) is 5.31. The Hall–Kier alpha value is -2.00. The lowest BCUT2D eigenvalue weighted by Crippen LogP contribution is -2.47. The summed E-state index contributed by atoms with van der Waals surface area (Å²) in [4.78, 5) is 4.72. The minimum atomic E-state index is -3.40. The summed E-state index contributed by atoms with van der Waals surface area (Å²) >= 11 is 0. The van der Waals surface area contributed by atoms with Crippen molar-refractivity contribution in [2.75, 3.05) is 44.2 Å². The maximum Gasteiger partial charge on any atom is 0.220 e.